The van der Waals surface area contributed by atoms with E-state index >= 15 is 0 Å². The molecule has 0 bridgehead atoms. The van der Waals surface area contributed by atoms with E-state index in [1.807, 2.05) is 0 Å². The fraction of sp³-hybridized carbons (Fsp3) is 0.500. The number of ether oxygens (including phenoxy) is 2. The number of anilines is 3. The Hall–Kier alpha value is -2.88. The molecular formula is C20H25N5O4S. The average Bonchev–Trinajstić information content (AvgIpc) is 3.42. The van der Waals surface area contributed by atoms with Crippen molar-refractivity contribution in [2.24, 2.45) is 5.92 Å². The number of benzene rings is 1. The molecule has 160 valence electrons. The molecule has 1 aromatic heterocycles. The van der Waals surface area contributed by atoms with E-state index in [1.165, 1.54) is 11.3 Å². The molecule has 0 radical (unpaired) electrons. The van der Waals surface area contributed by atoms with E-state index in [0.717, 1.165) is 37.5 Å². The monoisotopic (exact) mass is 431 g/mol. The van der Waals surface area contributed by atoms with Gasteiger partial charge in [-0.25, -0.2) is 0 Å². The SMILES string of the molecule is COc1ccc(NC(=O)C2CCN(c3nnc(N4CCCC4=O)s3)CC2)cc1OC. The summed E-state index contributed by atoms with van der Waals surface area (Å²) in [5.41, 5.74) is 0.684. The van der Waals surface area contributed by atoms with Crippen LogP contribution in [0.1, 0.15) is 25.7 Å². The van der Waals surface area contributed by atoms with Crippen molar-refractivity contribution in [3.63, 3.8) is 0 Å². The van der Waals surface area contributed by atoms with Gasteiger partial charge in [0.2, 0.25) is 22.1 Å². The highest BCUT2D eigenvalue weighted by Crippen LogP contribution is 2.33. The number of aromatic nitrogens is 2. The minimum atomic E-state index is -0.0677. The zero-order valence-corrected chi connectivity index (χ0v) is 17.9. The highest BCUT2D eigenvalue weighted by molar-refractivity contribution is 7.19. The minimum absolute atomic E-state index is 0.00230. The van der Waals surface area contributed by atoms with Crippen LogP contribution in [0.25, 0.3) is 0 Å². The lowest BCUT2D eigenvalue weighted by molar-refractivity contribution is -0.120. The largest absolute Gasteiger partial charge is 0.493 e. The summed E-state index contributed by atoms with van der Waals surface area (Å²) in [7, 11) is 3.14. The highest BCUT2D eigenvalue weighted by Gasteiger charge is 2.29. The van der Waals surface area contributed by atoms with Crippen LogP contribution in [0.3, 0.4) is 0 Å². The van der Waals surface area contributed by atoms with Crippen molar-refractivity contribution in [3.8, 4) is 11.5 Å². The summed E-state index contributed by atoms with van der Waals surface area (Å²) in [6, 6.07) is 5.33. The Morgan fingerprint density at radius 3 is 2.50 bits per heavy atom. The van der Waals surface area contributed by atoms with Crippen LogP contribution < -0.4 is 24.6 Å². The maximum atomic E-state index is 12.7. The van der Waals surface area contributed by atoms with Gasteiger partial charge in [-0.1, -0.05) is 11.3 Å². The van der Waals surface area contributed by atoms with Gasteiger partial charge in [0.1, 0.15) is 0 Å². The van der Waals surface area contributed by atoms with Gasteiger partial charge in [-0.15, -0.1) is 10.2 Å². The molecule has 2 fully saturated rings. The average molecular weight is 432 g/mol. The Balaban J connectivity index is 1.33. The number of carbonyl (C=O) groups is 2. The minimum Gasteiger partial charge on any atom is -0.493 e. The summed E-state index contributed by atoms with van der Waals surface area (Å²) < 4.78 is 10.5. The first-order valence-electron chi connectivity index (χ1n) is 10.0. The summed E-state index contributed by atoms with van der Waals surface area (Å²) in [4.78, 5) is 28.5. The Morgan fingerprint density at radius 2 is 1.83 bits per heavy atom. The third kappa shape index (κ3) is 4.18. The standard InChI is InChI=1S/C20H25N5O4S/c1-28-15-6-5-14(12-16(15)29-2)21-18(27)13-7-10-24(11-8-13)19-22-23-20(30-19)25-9-3-4-17(25)26/h5-6,12-13H,3-4,7-11H2,1-2H3,(H,21,27). The third-order valence-electron chi connectivity index (χ3n) is 5.50. The number of nitrogens with one attached hydrogen (secondary N) is 1. The lowest BCUT2D eigenvalue weighted by Crippen LogP contribution is -2.38. The molecule has 2 amide bonds. The zero-order chi connectivity index (χ0) is 21.1. The van der Waals surface area contributed by atoms with E-state index in [1.54, 1.807) is 37.3 Å². The second-order valence-electron chi connectivity index (χ2n) is 7.34. The number of hydrogen-bond donors (Lipinski definition) is 1. The maximum absolute atomic E-state index is 12.7. The van der Waals surface area contributed by atoms with Gasteiger partial charge in [0.15, 0.2) is 11.5 Å². The van der Waals surface area contributed by atoms with Crippen molar-refractivity contribution in [2.45, 2.75) is 25.7 Å². The van der Waals surface area contributed by atoms with Crippen LogP contribution in [-0.4, -0.2) is 55.9 Å². The van der Waals surface area contributed by atoms with Crippen LogP contribution in [0.2, 0.25) is 0 Å². The van der Waals surface area contributed by atoms with E-state index in [2.05, 4.69) is 20.4 Å². The molecule has 3 heterocycles. The molecule has 2 aromatic rings. The van der Waals surface area contributed by atoms with Crippen molar-refractivity contribution in [2.75, 3.05) is 49.0 Å². The van der Waals surface area contributed by atoms with Crippen LogP contribution in [-0.2, 0) is 9.59 Å². The third-order valence-corrected chi connectivity index (χ3v) is 6.50. The normalized spacial score (nSPS) is 17.3. The molecule has 2 aliphatic rings. The fourth-order valence-corrected chi connectivity index (χ4v) is 4.73. The Kier molecular flexibility index (Phi) is 6.03. The first-order valence-corrected chi connectivity index (χ1v) is 10.8. The predicted molar refractivity (Wildman–Crippen MR) is 115 cm³/mol. The highest BCUT2D eigenvalue weighted by atomic mass is 32.1. The van der Waals surface area contributed by atoms with Gasteiger partial charge in [-0.2, -0.15) is 0 Å². The molecule has 0 spiro atoms. The molecule has 0 unspecified atom stereocenters. The van der Waals surface area contributed by atoms with E-state index in [0.29, 0.717) is 35.3 Å². The fourth-order valence-electron chi connectivity index (χ4n) is 3.79. The molecule has 9 nitrogen and oxygen atoms in total. The molecule has 0 atom stereocenters. The lowest BCUT2D eigenvalue weighted by Gasteiger charge is -2.30. The number of hydrogen-bond acceptors (Lipinski definition) is 8. The number of nitrogens with zero attached hydrogens (tertiary/aromatic N) is 4. The topological polar surface area (TPSA) is 96.9 Å². The number of rotatable bonds is 6. The maximum Gasteiger partial charge on any atom is 0.228 e. The molecule has 1 aromatic carbocycles. The van der Waals surface area contributed by atoms with Crippen molar-refractivity contribution < 1.29 is 19.1 Å². The van der Waals surface area contributed by atoms with Gasteiger partial charge >= 0.3 is 0 Å². The van der Waals surface area contributed by atoms with Gasteiger partial charge in [0.05, 0.1) is 14.2 Å². The Morgan fingerprint density at radius 1 is 1.10 bits per heavy atom. The summed E-state index contributed by atoms with van der Waals surface area (Å²) in [6.45, 7) is 2.17. The summed E-state index contributed by atoms with van der Waals surface area (Å²) >= 11 is 1.44. The molecule has 4 rings (SSSR count). The van der Waals surface area contributed by atoms with Crippen LogP contribution in [0.15, 0.2) is 18.2 Å². The quantitative estimate of drug-likeness (QED) is 0.751. The number of amides is 2. The van der Waals surface area contributed by atoms with Crippen LogP contribution >= 0.6 is 11.3 Å². The predicted octanol–water partition coefficient (Wildman–Crippen LogP) is 2.54. The molecular weight excluding hydrogens is 406 g/mol. The number of carbonyl (C=O) groups excluding carboxylic acids is 2. The van der Waals surface area contributed by atoms with Gasteiger partial charge in [-0.05, 0) is 31.4 Å². The molecule has 1 N–H and O–H groups in total. The summed E-state index contributed by atoms with van der Waals surface area (Å²) in [5.74, 6) is 1.25. The molecule has 0 saturated carbocycles. The Labute approximate surface area is 179 Å². The summed E-state index contributed by atoms with van der Waals surface area (Å²) in [5, 5.41) is 12.9. The molecule has 2 aliphatic heterocycles. The second kappa shape index (κ2) is 8.86. The Bertz CT molecular complexity index is 926. The van der Waals surface area contributed by atoms with Crippen LogP contribution in [0, 0.1) is 5.92 Å². The molecule has 10 heteroatoms. The van der Waals surface area contributed by atoms with E-state index in [4.69, 9.17) is 9.47 Å². The zero-order valence-electron chi connectivity index (χ0n) is 17.1. The van der Waals surface area contributed by atoms with Crippen molar-refractivity contribution in [1.29, 1.82) is 0 Å². The van der Waals surface area contributed by atoms with Gasteiger partial charge in [-0.3, -0.25) is 14.5 Å². The van der Waals surface area contributed by atoms with E-state index in [-0.39, 0.29) is 17.7 Å². The first-order chi connectivity index (χ1) is 14.6. The van der Waals surface area contributed by atoms with E-state index < -0.39 is 0 Å². The molecule has 2 saturated heterocycles. The van der Waals surface area contributed by atoms with Crippen molar-refractivity contribution >= 4 is 39.1 Å². The van der Waals surface area contributed by atoms with Gasteiger partial charge in [0, 0.05) is 43.7 Å². The van der Waals surface area contributed by atoms with Gasteiger partial charge < -0.3 is 19.7 Å². The smallest absolute Gasteiger partial charge is 0.228 e. The number of piperidine rings is 1. The van der Waals surface area contributed by atoms with Crippen LogP contribution in [0.5, 0.6) is 11.5 Å². The summed E-state index contributed by atoms with van der Waals surface area (Å²) in [6.07, 6.45) is 2.91. The molecule has 0 aliphatic carbocycles. The van der Waals surface area contributed by atoms with Gasteiger partial charge in [0.25, 0.3) is 0 Å². The van der Waals surface area contributed by atoms with Crippen molar-refractivity contribution in [3.05, 3.63) is 18.2 Å². The molecule has 30 heavy (non-hydrogen) atoms. The number of methoxy groups -OCH3 is 2. The lowest BCUT2D eigenvalue weighted by atomic mass is 9.96. The van der Waals surface area contributed by atoms with Crippen molar-refractivity contribution in [1.82, 2.24) is 10.2 Å². The van der Waals surface area contributed by atoms with E-state index in [9.17, 15) is 9.59 Å². The first kappa shape index (κ1) is 20.4. The second-order valence-corrected chi connectivity index (χ2v) is 8.27. The van der Waals surface area contributed by atoms with Crippen LogP contribution in [0.4, 0.5) is 16.0 Å².